The van der Waals surface area contributed by atoms with Crippen LogP contribution in [-0.2, 0) is 6.54 Å². The summed E-state index contributed by atoms with van der Waals surface area (Å²) in [6, 6.07) is 7.71. The summed E-state index contributed by atoms with van der Waals surface area (Å²) < 4.78 is 1.92. The molecule has 0 aliphatic rings. The van der Waals surface area contributed by atoms with E-state index in [9.17, 15) is 0 Å². The van der Waals surface area contributed by atoms with Gasteiger partial charge in [0, 0.05) is 11.2 Å². The van der Waals surface area contributed by atoms with Crippen LogP contribution in [0, 0.1) is 6.92 Å². The van der Waals surface area contributed by atoms with Crippen LogP contribution in [0.15, 0.2) is 30.5 Å². The molecular formula is C11H12ClN3. The molecule has 0 unspecified atom stereocenters. The minimum Gasteiger partial charge on any atom is -0.369 e. The third-order valence-electron chi connectivity index (χ3n) is 2.19. The highest BCUT2D eigenvalue weighted by Crippen LogP contribution is 2.12. The van der Waals surface area contributed by atoms with Crippen LogP contribution >= 0.6 is 11.6 Å². The topological polar surface area (TPSA) is 43.8 Å². The second kappa shape index (κ2) is 3.95. The van der Waals surface area contributed by atoms with Gasteiger partial charge in [0.05, 0.1) is 12.2 Å². The van der Waals surface area contributed by atoms with Gasteiger partial charge in [0.25, 0.3) is 0 Å². The summed E-state index contributed by atoms with van der Waals surface area (Å²) >= 11 is 5.81. The number of benzene rings is 1. The lowest BCUT2D eigenvalue weighted by Gasteiger charge is -2.04. The third-order valence-corrected chi connectivity index (χ3v) is 2.45. The fourth-order valence-electron chi connectivity index (χ4n) is 1.48. The maximum absolute atomic E-state index is 5.81. The second-order valence-electron chi connectivity index (χ2n) is 3.49. The molecule has 1 aromatic carbocycles. The lowest BCUT2D eigenvalue weighted by Crippen LogP contribution is -2.03. The van der Waals surface area contributed by atoms with Gasteiger partial charge in [0.1, 0.15) is 0 Å². The molecule has 78 valence electrons. The minimum absolute atomic E-state index is 0.544. The van der Waals surface area contributed by atoms with Crippen molar-refractivity contribution in [2.45, 2.75) is 13.5 Å². The van der Waals surface area contributed by atoms with E-state index in [0.29, 0.717) is 5.95 Å². The molecule has 0 saturated carbocycles. The number of nitrogens with zero attached hydrogens (tertiary/aromatic N) is 2. The van der Waals surface area contributed by atoms with E-state index in [0.717, 1.165) is 22.8 Å². The number of anilines is 1. The Hall–Kier alpha value is -1.48. The van der Waals surface area contributed by atoms with Crippen molar-refractivity contribution in [2.24, 2.45) is 0 Å². The molecule has 1 heterocycles. The Kier molecular flexibility index (Phi) is 2.64. The van der Waals surface area contributed by atoms with Crippen LogP contribution in [0.5, 0.6) is 0 Å². The molecular weight excluding hydrogens is 210 g/mol. The highest BCUT2D eigenvalue weighted by Gasteiger charge is 2.01. The summed E-state index contributed by atoms with van der Waals surface area (Å²) in [5.41, 5.74) is 7.83. The Balaban J connectivity index is 2.21. The first-order chi connectivity index (χ1) is 7.15. The number of imidazole rings is 1. The maximum Gasteiger partial charge on any atom is 0.200 e. The molecule has 0 fully saturated rings. The Morgan fingerprint density at radius 3 is 2.53 bits per heavy atom. The molecule has 0 atom stereocenters. The molecule has 15 heavy (non-hydrogen) atoms. The van der Waals surface area contributed by atoms with Crippen molar-refractivity contribution in [1.82, 2.24) is 9.55 Å². The van der Waals surface area contributed by atoms with Crippen LogP contribution < -0.4 is 5.73 Å². The van der Waals surface area contributed by atoms with Crippen LogP contribution in [0.3, 0.4) is 0 Å². The van der Waals surface area contributed by atoms with E-state index in [1.165, 1.54) is 0 Å². The van der Waals surface area contributed by atoms with Gasteiger partial charge in [-0.15, -0.1) is 0 Å². The largest absolute Gasteiger partial charge is 0.369 e. The third kappa shape index (κ3) is 2.30. The molecule has 0 saturated heterocycles. The first-order valence-corrected chi connectivity index (χ1v) is 5.06. The second-order valence-corrected chi connectivity index (χ2v) is 3.93. The number of nitrogens with two attached hydrogens (primary N) is 1. The maximum atomic E-state index is 5.81. The van der Waals surface area contributed by atoms with Crippen molar-refractivity contribution in [3.63, 3.8) is 0 Å². The Morgan fingerprint density at radius 1 is 1.33 bits per heavy atom. The molecule has 0 aliphatic heterocycles. The normalized spacial score (nSPS) is 10.5. The zero-order chi connectivity index (χ0) is 10.8. The van der Waals surface area contributed by atoms with Gasteiger partial charge in [-0.2, -0.15) is 0 Å². The van der Waals surface area contributed by atoms with E-state index in [2.05, 4.69) is 4.98 Å². The quantitative estimate of drug-likeness (QED) is 0.847. The van der Waals surface area contributed by atoms with E-state index in [4.69, 9.17) is 17.3 Å². The molecule has 0 aliphatic carbocycles. The predicted octanol–water partition coefficient (Wildman–Crippen LogP) is 2.48. The standard InChI is InChI=1S/C11H12ClN3/c1-8-6-15(11(13)14-8)7-9-2-4-10(12)5-3-9/h2-6H,7H2,1H3,(H2,13,14). The van der Waals surface area contributed by atoms with Crippen molar-refractivity contribution in [3.8, 4) is 0 Å². The summed E-state index contributed by atoms with van der Waals surface area (Å²) in [4.78, 5) is 4.14. The van der Waals surface area contributed by atoms with Gasteiger partial charge in [-0.1, -0.05) is 23.7 Å². The summed E-state index contributed by atoms with van der Waals surface area (Å²) in [7, 11) is 0. The highest BCUT2D eigenvalue weighted by atomic mass is 35.5. The van der Waals surface area contributed by atoms with Crippen molar-refractivity contribution < 1.29 is 0 Å². The number of hydrogen-bond donors (Lipinski definition) is 1. The fourth-order valence-corrected chi connectivity index (χ4v) is 1.60. The van der Waals surface area contributed by atoms with Crippen molar-refractivity contribution in [2.75, 3.05) is 5.73 Å². The zero-order valence-corrected chi connectivity index (χ0v) is 9.20. The van der Waals surface area contributed by atoms with Gasteiger partial charge < -0.3 is 10.3 Å². The number of hydrogen-bond acceptors (Lipinski definition) is 2. The summed E-state index contributed by atoms with van der Waals surface area (Å²) in [5, 5.41) is 0.744. The number of nitrogen functional groups attached to an aromatic ring is 1. The molecule has 4 heteroatoms. The average molecular weight is 222 g/mol. The molecule has 0 bridgehead atoms. The van der Waals surface area contributed by atoms with Crippen molar-refractivity contribution in [1.29, 1.82) is 0 Å². The average Bonchev–Trinajstić information content (AvgIpc) is 2.49. The number of rotatable bonds is 2. The number of halogens is 1. The van der Waals surface area contributed by atoms with E-state index < -0.39 is 0 Å². The molecule has 2 aromatic rings. The Morgan fingerprint density at radius 2 is 2.00 bits per heavy atom. The molecule has 0 radical (unpaired) electrons. The minimum atomic E-state index is 0.544. The molecule has 0 amide bonds. The summed E-state index contributed by atoms with van der Waals surface area (Å²) in [6.45, 7) is 2.65. The Labute approximate surface area is 93.5 Å². The lowest BCUT2D eigenvalue weighted by molar-refractivity contribution is 0.810. The lowest BCUT2D eigenvalue weighted by atomic mass is 10.2. The molecule has 1 aromatic heterocycles. The van der Waals surface area contributed by atoms with Gasteiger partial charge in [0.2, 0.25) is 5.95 Å². The zero-order valence-electron chi connectivity index (χ0n) is 8.44. The van der Waals surface area contributed by atoms with Crippen LogP contribution in [0.2, 0.25) is 5.02 Å². The monoisotopic (exact) mass is 221 g/mol. The molecule has 2 N–H and O–H groups in total. The fraction of sp³-hybridized carbons (Fsp3) is 0.182. The van der Waals surface area contributed by atoms with Crippen LogP contribution in [-0.4, -0.2) is 9.55 Å². The van der Waals surface area contributed by atoms with Gasteiger partial charge >= 0.3 is 0 Å². The van der Waals surface area contributed by atoms with E-state index >= 15 is 0 Å². The summed E-state index contributed by atoms with van der Waals surface area (Å²) in [6.07, 6.45) is 1.93. The molecule has 2 rings (SSSR count). The van der Waals surface area contributed by atoms with Crippen molar-refractivity contribution >= 4 is 17.5 Å². The Bertz CT molecular complexity index is 459. The summed E-state index contributed by atoms with van der Waals surface area (Å²) in [5.74, 6) is 0.544. The SMILES string of the molecule is Cc1cn(Cc2ccc(Cl)cc2)c(N)n1. The van der Waals surface area contributed by atoms with Gasteiger partial charge in [0.15, 0.2) is 0 Å². The predicted molar refractivity (Wildman–Crippen MR) is 61.9 cm³/mol. The van der Waals surface area contributed by atoms with Crippen LogP contribution in [0.4, 0.5) is 5.95 Å². The van der Waals surface area contributed by atoms with Gasteiger partial charge in [-0.3, -0.25) is 0 Å². The highest BCUT2D eigenvalue weighted by molar-refractivity contribution is 6.30. The van der Waals surface area contributed by atoms with Crippen molar-refractivity contribution in [3.05, 3.63) is 46.7 Å². The van der Waals surface area contributed by atoms with E-state index in [1.54, 1.807) is 0 Å². The van der Waals surface area contributed by atoms with E-state index in [1.807, 2.05) is 42.0 Å². The first kappa shape index (κ1) is 10.1. The van der Waals surface area contributed by atoms with E-state index in [-0.39, 0.29) is 0 Å². The number of aromatic nitrogens is 2. The van der Waals surface area contributed by atoms with Crippen LogP contribution in [0.1, 0.15) is 11.3 Å². The first-order valence-electron chi connectivity index (χ1n) is 4.69. The van der Waals surface area contributed by atoms with Gasteiger partial charge in [-0.05, 0) is 24.6 Å². The number of aryl methyl sites for hydroxylation is 1. The molecule has 3 nitrogen and oxygen atoms in total. The van der Waals surface area contributed by atoms with Gasteiger partial charge in [-0.25, -0.2) is 4.98 Å². The smallest absolute Gasteiger partial charge is 0.200 e. The van der Waals surface area contributed by atoms with Crippen LogP contribution in [0.25, 0.3) is 0 Å². The molecule has 0 spiro atoms.